The van der Waals surface area contributed by atoms with Gasteiger partial charge in [-0.15, -0.1) is 0 Å². The molecule has 30 heavy (non-hydrogen) atoms. The number of nitrogens with zero attached hydrogens (tertiary/aromatic N) is 4. The van der Waals surface area contributed by atoms with Crippen molar-refractivity contribution < 1.29 is 9.59 Å². The number of hydrogen-bond donors (Lipinski definition) is 1. The largest absolute Gasteiger partial charge is 0.353 e. The van der Waals surface area contributed by atoms with E-state index in [0.29, 0.717) is 11.8 Å². The van der Waals surface area contributed by atoms with Crippen LogP contribution in [0.15, 0.2) is 24.4 Å². The Labute approximate surface area is 180 Å². The molecule has 0 bridgehead atoms. The third kappa shape index (κ3) is 6.09. The maximum absolute atomic E-state index is 13.0. The maximum atomic E-state index is 13.0. The number of piperazine rings is 1. The smallest absolute Gasteiger partial charge is 0.317 e. The van der Waals surface area contributed by atoms with E-state index in [9.17, 15) is 9.59 Å². The van der Waals surface area contributed by atoms with Crippen molar-refractivity contribution in [3.05, 3.63) is 24.4 Å². The first-order chi connectivity index (χ1) is 14.2. The highest BCUT2D eigenvalue weighted by Gasteiger charge is 2.32. The van der Waals surface area contributed by atoms with Gasteiger partial charge in [0, 0.05) is 57.4 Å². The Balaban J connectivity index is 1.41. The molecule has 3 amide bonds. The predicted octanol–water partition coefficient (Wildman–Crippen LogP) is 2.98. The van der Waals surface area contributed by atoms with Gasteiger partial charge >= 0.3 is 6.03 Å². The molecule has 0 atom stereocenters. The van der Waals surface area contributed by atoms with Gasteiger partial charge in [0.25, 0.3) is 0 Å². The molecule has 166 valence electrons. The van der Waals surface area contributed by atoms with E-state index in [1.165, 1.54) is 0 Å². The Bertz CT molecular complexity index is 702. The van der Waals surface area contributed by atoms with E-state index >= 15 is 0 Å². The van der Waals surface area contributed by atoms with Gasteiger partial charge in [-0.1, -0.05) is 6.07 Å². The van der Waals surface area contributed by atoms with Gasteiger partial charge in [-0.2, -0.15) is 0 Å². The molecule has 0 radical (unpaired) electrons. The van der Waals surface area contributed by atoms with Gasteiger partial charge in [0.05, 0.1) is 0 Å². The average molecular weight is 416 g/mol. The molecule has 1 aromatic rings. The topological polar surface area (TPSA) is 68.8 Å². The standard InChI is InChI=1S/C23H37N5O2/c1-23(2,3)25-22(30)26(4)17-18-8-10-19(11-9-18)21(29)28-15-13-27(14-16-28)20-7-5-6-12-24-20/h5-7,12,18-19H,8-11,13-17H2,1-4H3,(H,25,30). The van der Waals surface area contributed by atoms with Crippen molar-refractivity contribution in [1.29, 1.82) is 0 Å². The molecule has 0 spiro atoms. The monoisotopic (exact) mass is 415 g/mol. The van der Waals surface area contributed by atoms with E-state index in [-0.39, 0.29) is 17.5 Å². The zero-order chi connectivity index (χ0) is 21.7. The van der Waals surface area contributed by atoms with Crippen LogP contribution in [0.1, 0.15) is 46.5 Å². The first-order valence-corrected chi connectivity index (χ1v) is 11.2. The van der Waals surface area contributed by atoms with Crippen molar-refractivity contribution in [3.8, 4) is 0 Å². The molecule has 2 heterocycles. The van der Waals surface area contributed by atoms with E-state index in [2.05, 4.69) is 15.2 Å². The Morgan fingerprint density at radius 2 is 1.77 bits per heavy atom. The third-order valence-electron chi connectivity index (χ3n) is 6.12. The molecule has 1 aromatic heterocycles. The molecule has 3 rings (SSSR count). The lowest BCUT2D eigenvalue weighted by molar-refractivity contribution is -0.137. The fourth-order valence-corrected chi connectivity index (χ4v) is 4.43. The summed E-state index contributed by atoms with van der Waals surface area (Å²) < 4.78 is 0. The number of aromatic nitrogens is 1. The second kappa shape index (κ2) is 9.67. The average Bonchev–Trinajstić information content (AvgIpc) is 2.73. The molecule has 2 fully saturated rings. The van der Waals surface area contributed by atoms with Gasteiger partial charge in [-0.25, -0.2) is 9.78 Å². The van der Waals surface area contributed by atoms with Crippen LogP contribution in [0.3, 0.4) is 0 Å². The summed E-state index contributed by atoms with van der Waals surface area (Å²) in [5.41, 5.74) is -0.226. The zero-order valence-corrected chi connectivity index (χ0v) is 18.9. The summed E-state index contributed by atoms with van der Waals surface area (Å²) in [6.45, 7) is 9.95. The van der Waals surface area contributed by atoms with Gasteiger partial charge in [0.15, 0.2) is 0 Å². The van der Waals surface area contributed by atoms with Crippen molar-refractivity contribution in [3.63, 3.8) is 0 Å². The summed E-state index contributed by atoms with van der Waals surface area (Å²) in [4.78, 5) is 35.8. The number of amides is 3. The van der Waals surface area contributed by atoms with Crippen LogP contribution in [-0.2, 0) is 4.79 Å². The summed E-state index contributed by atoms with van der Waals surface area (Å²) >= 11 is 0. The second-order valence-corrected chi connectivity index (χ2v) is 9.78. The zero-order valence-electron chi connectivity index (χ0n) is 18.9. The fourth-order valence-electron chi connectivity index (χ4n) is 4.43. The maximum Gasteiger partial charge on any atom is 0.317 e. The van der Waals surface area contributed by atoms with Crippen molar-refractivity contribution >= 4 is 17.8 Å². The molecule has 2 aliphatic rings. The Morgan fingerprint density at radius 1 is 1.10 bits per heavy atom. The van der Waals surface area contributed by atoms with Crippen LogP contribution in [0.2, 0.25) is 0 Å². The van der Waals surface area contributed by atoms with Crippen LogP contribution in [0, 0.1) is 11.8 Å². The highest BCUT2D eigenvalue weighted by atomic mass is 16.2. The van der Waals surface area contributed by atoms with Crippen LogP contribution in [0.4, 0.5) is 10.6 Å². The second-order valence-electron chi connectivity index (χ2n) is 9.78. The summed E-state index contributed by atoms with van der Waals surface area (Å²) in [5, 5.41) is 3.01. The molecule has 1 saturated heterocycles. The van der Waals surface area contributed by atoms with Gasteiger partial charge < -0.3 is 20.0 Å². The van der Waals surface area contributed by atoms with Gasteiger partial charge in [0.2, 0.25) is 5.91 Å². The van der Waals surface area contributed by atoms with Crippen LogP contribution >= 0.6 is 0 Å². The van der Waals surface area contributed by atoms with Gasteiger partial charge in [-0.05, 0) is 64.5 Å². The number of carbonyl (C=O) groups excluding carboxylic acids is 2. The minimum absolute atomic E-state index is 0.0218. The van der Waals surface area contributed by atoms with Crippen molar-refractivity contribution in [2.75, 3.05) is 44.7 Å². The molecule has 1 aliphatic carbocycles. The number of nitrogens with one attached hydrogen (secondary N) is 1. The Hall–Kier alpha value is -2.31. The summed E-state index contributed by atoms with van der Waals surface area (Å²) in [6, 6.07) is 5.93. The molecule has 7 nitrogen and oxygen atoms in total. The van der Waals surface area contributed by atoms with E-state index in [4.69, 9.17) is 0 Å². The van der Waals surface area contributed by atoms with Crippen LogP contribution in [0.5, 0.6) is 0 Å². The highest BCUT2D eigenvalue weighted by Crippen LogP contribution is 2.31. The number of anilines is 1. The third-order valence-corrected chi connectivity index (χ3v) is 6.12. The van der Waals surface area contributed by atoms with Gasteiger partial charge in [0.1, 0.15) is 5.82 Å². The summed E-state index contributed by atoms with van der Waals surface area (Å²) in [5.74, 6) is 1.92. The van der Waals surface area contributed by atoms with E-state index < -0.39 is 0 Å². The molecule has 0 aromatic carbocycles. The summed E-state index contributed by atoms with van der Waals surface area (Å²) in [7, 11) is 1.86. The van der Waals surface area contributed by atoms with Crippen molar-refractivity contribution in [1.82, 2.24) is 20.1 Å². The Kier molecular flexibility index (Phi) is 7.21. The molecule has 7 heteroatoms. The van der Waals surface area contributed by atoms with Gasteiger partial charge in [-0.3, -0.25) is 4.79 Å². The fraction of sp³-hybridized carbons (Fsp3) is 0.696. The SMILES string of the molecule is CN(CC1CCC(C(=O)N2CCN(c3ccccn3)CC2)CC1)C(=O)NC(C)(C)C. The first kappa shape index (κ1) is 22.4. The lowest BCUT2D eigenvalue weighted by Gasteiger charge is -2.38. The highest BCUT2D eigenvalue weighted by molar-refractivity contribution is 5.79. The molecular formula is C23H37N5O2. The normalized spacial score (nSPS) is 22.5. The van der Waals surface area contributed by atoms with Crippen molar-refractivity contribution in [2.24, 2.45) is 11.8 Å². The molecule has 0 unspecified atom stereocenters. The van der Waals surface area contributed by atoms with Crippen molar-refractivity contribution in [2.45, 2.75) is 52.0 Å². The summed E-state index contributed by atoms with van der Waals surface area (Å²) in [6.07, 6.45) is 5.70. The molecule has 1 saturated carbocycles. The van der Waals surface area contributed by atoms with Crippen LogP contribution < -0.4 is 10.2 Å². The molecule has 1 N–H and O–H groups in total. The molecule has 1 aliphatic heterocycles. The van der Waals surface area contributed by atoms with E-state index in [1.807, 2.05) is 57.1 Å². The first-order valence-electron chi connectivity index (χ1n) is 11.2. The van der Waals surface area contributed by atoms with Crippen LogP contribution in [-0.4, -0.2) is 72.0 Å². The number of urea groups is 1. The van der Waals surface area contributed by atoms with E-state index in [1.54, 1.807) is 4.90 Å². The van der Waals surface area contributed by atoms with E-state index in [0.717, 1.165) is 64.2 Å². The number of rotatable bonds is 4. The number of pyridine rings is 1. The quantitative estimate of drug-likeness (QED) is 0.821. The minimum Gasteiger partial charge on any atom is -0.353 e. The number of hydrogen-bond acceptors (Lipinski definition) is 4. The Morgan fingerprint density at radius 3 is 2.33 bits per heavy atom. The lowest BCUT2D eigenvalue weighted by Crippen LogP contribution is -2.51. The lowest BCUT2D eigenvalue weighted by atomic mass is 9.81. The number of carbonyl (C=O) groups is 2. The molecular weight excluding hydrogens is 378 g/mol. The minimum atomic E-state index is -0.226. The predicted molar refractivity (Wildman–Crippen MR) is 119 cm³/mol. The van der Waals surface area contributed by atoms with Crippen LogP contribution in [0.25, 0.3) is 0 Å².